The quantitative estimate of drug-likeness (QED) is 0.515. The van der Waals surface area contributed by atoms with Crippen LogP contribution in [0.15, 0.2) is 60.7 Å². The Morgan fingerprint density at radius 2 is 1.79 bits per heavy atom. The molecule has 0 saturated heterocycles. The highest BCUT2D eigenvalue weighted by molar-refractivity contribution is 5.90. The van der Waals surface area contributed by atoms with E-state index in [-0.39, 0.29) is 6.42 Å². The molecule has 0 heterocycles. The molecule has 0 fully saturated rings. The van der Waals surface area contributed by atoms with Gasteiger partial charge in [-0.2, -0.15) is 0 Å². The molecule has 0 aromatic heterocycles. The van der Waals surface area contributed by atoms with Crippen LogP contribution in [-0.2, 0) is 30.3 Å². The van der Waals surface area contributed by atoms with Gasteiger partial charge in [-0.3, -0.25) is 4.79 Å². The van der Waals surface area contributed by atoms with Gasteiger partial charge < -0.3 is 19.5 Å². The number of rotatable bonds is 9. The third-order valence-corrected chi connectivity index (χ3v) is 3.95. The summed E-state index contributed by atoms with van der Waals surface area (Å²) in [4.78, 5) is 35.9. The molecular weight excluding hydrogens is 374 g/mol. The fourth-order valence-corrected chi connectivity index (χ4v) is 2.52. The van der Waals surface area contributed by atoms with E-state index in [1.54, 1.807) is 37.5 Å². The molecule has 7 nitrogen and oxygen atoms in total. The number of hydrogen-bond donors (Lipinski definition) is 1. The molecule has 1 amide bonds. The lowest BCUT2D eigenvalue weighted by Gasteiger charge is -2.16. The first-order valence-electron chi connectivity index (χ1n) is 8.92. The first-order valence-corrected chi connectivity index (χ1v) is 8.92. The van der Waals surface area contributed by atoms with Crippen molar-refractivity contribution in [3.63, 3.8) is 0 Å². The van der Waals surface area contributed by atoms with Gasteiger partial charge in [-0.15, -0.1) is 0 Å². The second kappa shape index (κ2) is 11.3. The number of amides is 1. The maximum absolute atomic E-state index is 12.1. The third kappa shape index (κ3) is 7.50. The van der Waals surface area contributed by atoms with Crippen molar-refractivity contribution in [2.24, 2.45) is 0 Å². The molecule has 0 spiro atoms. The molecule has 0 saturated carbocycles. The summed E-state index contributed by atoms with van der Waals surface area (Å²) in [6, 6.07) is 15.4. The van der Waals surface area contributed by atoms with Crippen molar-refractivity contribution >= 4 is 23.9 Å². The predicted molar refractivity (Wildman–Crippen MR) is 107 cm³/mol. The molecule has 0 aliphatic heterocycles. The van der Waals surface area contributed by atoms with Crippen molar-refractivity contribution in [3.8, 4) is 5.75 Å². The van der Waals surface area contributed by atoms with E-state index >= 15 is 0 Å². The van der Waals surface area contributed by atoms with Crippen LogP contribution >= 0.6 is 0 Å². The van der Waals surface area contributed by atoms with Crippen LogP contribution < -0.4 is 10.1 Å². The van der Waals surface area contributed by atoms with Gasteiger partial charge in [-0.05, 0) is 29.3 Å². The zero-order valence-corrected chi connectivity index (χ0v) is 16.3. The van der Waals surface area contributed by atoms with Crippen LogP contribution in [-0.4, -0.2) is 44.7 Å². The van der Waals surface area contributed by atoms with Crippen molar-refractivity contribution in [1.29, 1.82) is 0 Å². The van der Waals surface area contributed by atoms with Gasteiger partial charge in [0.15, 0.2) is 6.61 Å². The maximum atomic E-state index is 12.1. The lowest BCUT2D eigenvalue weighted by molar-refractivity contribution is -0.147. The Labute approximate surface area is 169 Å². The second-order valence-electron chi connectivity index (χ2n) is 6.05. The first-order chi connectivity index (χ1) is 14.0. The molecule has 29 heavy (non-hydrogen) atoms. The average molecular weight is 397 g/mol. The zero-order chi connectivity index (χ0) is 21.1. The summed E-state index contributed by atoms with van der Waals surface area (Å²) in [5, 5.41) is 2.53. The zero-order valence-electron chi connectivity index (χ0n) is 16.3. The number of esters is 2. The lowest BCUT2D eigenvalue weighted by atomic mass is 10.1. The van der Waals surface area contributed by atoms with Gasteiger partial charge in [0.05, 0.1) is 14.2 Å². The fraction of sp³-hybridized carbons (Fsp3) is 0.227. The third-order valence-electron chi connectivity index (χ3n) is 3.95. The van der Waals surface area contributed by atoms with E-state index < -0.39 is 30.5 Å². The van der Waals surface area contributed by atoms with Gasteiger partial charge in [-0.1, -0.05) is 42.5 Å². The highest BCUT2D eigenvalue weighted by Crippen LogP contribution is 2.13. The molecule has 152 valence electrons. The number of nitrogens with one attached hydrogen (secondary N) is 1. The fourth-order valence-electron chi connectivity index (χ4n) is 2.52. The van der Waals surface area contributed by atoms with Crippen LogP contribution in [0.4, 0.5) is 0 Å². The van der Waals surface area contributed by atoms with Crippen molar-refractivity contribution < 1.29 is 28.6 Å². The minimum Gasteiger partial charge on any atom is -0.497 e. The number of hydrogen-bond acceptors (Lipinski definition) is 6. The highest BCUT2D eigenvalue weighted by atomic mass is 16.5. The van der Waals surface area contributed by atoms with Crippen LogP contribution in [0.25, 0.3) is 6.08 Å². The summed E-state index contributed by atoms with van der Waals surface area (Å²) < 4.78 is 14.8. The smallest absolute Gasteiger partial charge is 0.331 e. The second-order valence-corrected chi connectivity index (χ2v) is 6.05. The summed E-state index contributed by atoms with van der Waals surface area (Å²) in [7, 11) is 2.80. The number of carbonyl (C=O) groups is 3. The normalized spacial score (nSPS) is 11.5. The predicted octanol–water partition coefficient (Wildman–Crippen LogP) is 2.15. The summed E-state index contributed by atoms with van der Waals surface area (Å²) in [5.74, 6) is -1.20. The molecule has 0 aliphatic rings. The topological polar surface area (TPSA) is 90.9 Å². The Bertz CT molecular complexity index is 863. The SMILES string of the molecule is COC(=O)C(Cc1ccccc1)NC(=O)COC(=O)/C=C/c1cccc(OC)c1. The minimum absolute atomic E-state index is 0.267. The van der Waals surface area contributed by atoms with Crippen molar-refractivity contribution in [1.82, 2.24) is 5.32 Å². The Morgan fingerprint density at radius 3 is 2.48 bits per heavy atom. The van der Waals surface area contributed by atoms with Crippen molar-refractivity contribution in [2.75, 3.05) is 20.8 Å². The molecule has 2 aromatic rings. The van der Waals surface area contributed by atoms with Crippen molar-refractivity contribution in [2.45, 2.75) is 12.5 Å². The van der Waals surface area contributed by atoms with Gasteiger partial charge in [0.2, 0.25) is 0 Å². The van der Waals surface area contributed by atoms with E-state index in [1.807, 2.05) is 30.3 Å². The van der Waals surface area contributed by atoms with Crippen LogP contribution in [0.3, 0.4) is 0 Å². The van der Waals surface area contributed by atoms with E-state index in [2.05, 4.69) is 5.32 Å². The molecular formula is C22H23NO6. The number of benzene rings is 2. The van der Waals surface area contributed by atoms with Gasteiger partial charge >= 0.3 is 11.9 Å². The Hall–Kier alpha value is -3.61. The molecule has 2 aromatic carbocycles. The number of ether oxygens (including phenoxy) is 3. The molecule has 0 bridgehead atoms. The lowest BCUT2D eigenvalue weighted by Crippen LogP contribution is -2.44. The standard InChI is InChI=1S/C22H23NO6/c1-27-18-10-6-9-17(13-18)11-12-21(25)29-15-20(24)23-19(22(26)28-2)14-16-7-4-3-5-8-16/h3-13,19H,14-15H2,1-2H3,(H,23,24)/b12-11+. The van der Waals surface area contributed by atoms with Crippen LogP contribution in [0, 0.1) is 0 Å². The number of methoxy groups -OCH3 is 2. The monoisotopic (exact) mass is 397 g/mol. The van der Waals surface area contributed by atoms with Gasteiger partial charge in [0.25, 0.3) is 5.91 Å². The summed E-state index contributed by atoms with van der Waals surface area (Å²) in [6.45, 7) is -0.510. The first kappa shape index (κ1) is 21.7. The van der Waals surface area contributed by atoms with Crippen LogP contribution in [0.1, 0.15) is 11.1 Å². The van der Waals surface area contributed by atoms with Gasteiger partial charge in [0, 0.05) is 12.5 Å². The highest BCUT2D eigenvalue weighted by Gasteiger charge is 2.22. The molecule has 7 heteroatoms. The summed E-state index contributed by atoms with van der Waals surface area (Å²) in [5.41, 5.74) is 1.61. The summed E-state index contributed by atoms with van der Waals surface area (Å²) >= 11 is 0. The maximum Gasteiger partial charge on any atom is 0.331 e. The van der Waals surface area contributed by atoms with E-state index in [0.717, 1.165) is 11.1 Å². The molecule has 1 unspecified atom stereocenters. The largest absolute Gasteiger partial charge is 0.497 e. The van der Waals surface area contributed by atoms with Gasteiger partial charge in [0.1, 0.15) is 11.8 Å². The Kier molecular flexibility index (Phi) is 8.44. The Balaban J connectivity index is 1.86. The van der Waals surface area contributed by atoms with Gasteiger partial charge in [-0.25, -0.2) is 9.59 Å². The molecule has 1 atom stereocenters. The molecule has 0 aliphatic carbocycles. The van der Waals surface area contributed by atoms with E-state index in [1.165, 1.54) is 13.2 Å². The van der Waals surface area contributed by atoms with E-state index in [0.29, 0.717) is 5.75 Å². The van der Waals surface area contributed by atoms with Crippen LogP contribution in [0.5, 0.6) is 5.75 Å². The molecule has 2 rings (SSSR count). The Morgan fingerprint density at radius 1 is 1.03 bits per heavy atom. The van der Waals surface area contributed by atoms with E-state index in [4.69, 9.17) is 14.2 Å². The average Bonchev–Trinajstić information content (AvgIpc) is 2.76. The van der Waals surface area contributed by atoms with Crippen molar-refractivity contribution in [3.05, 3.63) is 71.8 Å². The molecule has 1 N–H and O–H groups in total. The number of carbonyl (C=O) groups excluding carboxylic acids is 3. The van der Waals surface area contributed by atoms with Crippen LogP contribution in [0.2, 0.25) is 0 Å². The summed E-state index contributed by atoms with van der Waals surface area (Å²) in [6.07, 6.45) is 3.03. The molecule has 0 radical (unpaired) electrons. The van der Waals surface area contributed by atoms with E-state index in [9.17, 15) is 14.4 Å². The minimum atomic E-state index is -0.874.